The molecule has 0 aliphatic carbocycles. The lowest BCUT2D eigenvalue weighted by atomic mass is 10.1. The number of ether oxygens (including phenoxy) is 1. The minimum atomic E-state index is -0.351. The van der Waals surface area contributed by atoms with E-state index in [0.717, 1.165) is 41.2 Å². The zero-order chi connectivity index (χ0) is 17.1. The maximum Gasteiger partial charge on any atom is 0.261 e. The lowest BCUT2D eigenvalue weighted by Crippen LogP contribution is -2.34. The molecule has 1 saturated heterocycles. The number of hydrogen-bond donors (Lipinski definition) is 1. The predicted octanol–water partition coefficient (Wildman–Crippen LogP) is 3.32. The minimum Gasteiger partial charge on any atom is -0.378 e. The van der Waals surface area contributed by atoms with Crippen molar-refractivity contribution in [2.45, 2.75) is 31.8 Å². The summed E-state index contributed by atoms with van der Waals surface area (Å²) in [5, 5.41) is 0.830. The maximum absolute atomic E-state index is 12.6. The molecule has 1 N–H and O–H groups in total. The number of fused-ring (bicyclic) bond motifs is 1. The minimum absolute atomic E-state index is 0.174. The van der Waals surface area contributed by atoms with Crippen LogP contribution in [0.25, 0.3) is 10.9 Å². The van der Waals surface area contributed by atoms with Crippen LogP contribution in [-0.2, 0) is 4.74 Å². The molecule has 1 atom stereocenters. The summed E-state index contributed by atoms with van der Waals surface area (Å²) in [6, 6.07) is 7.22. The van der Waals surface area contributed by atoms with Crippen LogP contribution >= 0.6 is 15.9 Å². The molecule has 6 heteroatoms. The second kappa shape index (κ2) is 7.49. The van der Waals surface area contributed by atoms with Crippen molar-refractivity contribution in [2.24, 2.45) is 0 Å². The van der Waals surface area contributed by atoms with Crippen LogP contribution in [0.2, 0.25) is 0 Å². The molecular weight excluding hydrogens is 372 g/mol. The third kappa shape index (κ3) is 3.87. The number of carbonyl (C=O) groups excluding carboxylic acids is 1. The second-order valence-corrected chi connectivity index (χ2v) is 7.16. The van der Waals surface area contributed by atoms with Gasteiger partial charge in [0.2, 0.25) is 0 Å². The first-order valence-corrected chi connectivity index (χ1v) is 9.03. The molecule has 1 amide bonds. The van der Waals surface area contributed by atoms with Crippen molar-refractivity contribution < 1.29 is 9.53 Å². The van der Waals surface area contributed by atoms with Crippen LogP contribution in [0.1, 0.15) is 36.0 Å². The van der Waals surface area contributed by atoms with Crippen LogP contribution in [0.5, 0.6) is 0 Å². The number of rotatable bonds is 4. The first-order valence-electron chi connectivity index (χ1n) is 8.24. The van der Waals surface area contributed by atoms with Gasteiger partial charge in [-0.25, -0.2) is 0 Å². The second-order valence-electron chi connectivity index (χ2n) is 6.25. The third-order valence-electron chi connectivity index (χ3n) is 4.44. The lowest BCUT2D eigenvalue weighted by Gasteiger charge is -2.25. The fraction of sp³-hybridized carbons (Fsp3) is 0.444. The van der Waals surface area contributed by atoms with Crippen LogP contribution in [0.3, 0.4) is 0 Å². The molecule has 24 heavy (non-hydrogen) atoms. The van der Waals surface area contributed by atoms with E-state index in [1.165, 1.54) is 6.42 Å². The van der Waals surface area contributed by atoms with Crippen LogP contribution in [-0.4, -0.2) is 42.1 Å². The molecule has 3 rings (SSSR count). The monoisotopic (exact) mass is 392 g/mol. The standard InChI is InChI=1S/C18H21BrN2O3/c1-21(8-7-14-4-2-3-9-24-14)18(23)15-11-12-10-13(19)5-6-16(12)20-17(15)22/h5-6,10-11,14H,2-4,7-9H2,1H3,(H,20,22). The molecule has 1 unspecified atom stereocenters. The largest absolute Gasteiger partial charge is 0.378 e. The Hall–Kier alpha value is -1.66. The van der Waals surface area contributed by atoms with Crippen LogP contribution < -0.4 is 5.56 Å². The van der Waals surface area contributed by atoms with Gasteiger partial charge in [0.25, 0.3) is 11.5 Å². The fourth-order valence-electron chi connectivity index (χ4n) is 3.02. The van der Waals surface area contributed by atoms with Gasteiger partial charge in [-0.2, -0.15) is 0 Å². The van der Waals surface area contributed by atoms with Crippen molar-refractivity contribution >= 4 is 32.7 Å². The molecule has 2 heterocycles. The number of hydrogen-bond acceptors (Lipinski definition) is 3. The fourth-order valence-corrected chi connectivity index (χ4v) is 3.40. The zero-order valence-corrected chi connectivity index (χ0v) is 15.3. The van der Waals surface area contributed by atoms with Gasteiger partial charge in [-0.3, -0.25) is 9.59 Å². The normalized spacial score (nSPS) is 17.8. The van der Waals surface area contributed by atoms with E-state index in [2.05, 4.69) is 20.9 Å². The van der Waals surface area contributed by atoms with E-state index in [9.17, 15) is 9.59 Å². The summed E-state index contributed by atoms with van der Waals surface area (Å²) in [6.45, 7) is 1.39. The van der Waals surface area contributed by atoms with Crippen LogP contribution in [0.15, 0.2) is 33.5 Å². The molecule has 1 aliphatic rings. The highest BCUT2D eigenvalue weighted by Gasteiger charge is 2.19. The predicted molar refractivity (Wildman–Crippen MR) is 97.4 cm³/mol. The van der Waals surface area contributed by atoms with E-state index in [4.69, 9.17) is 4.74 Å². The number of benzene rings is 1. The lowest BCUT2D eigenvalue weighted by molar-refractivity contribution is 0.00708. The molecule has 0 saturated carbocycles. The van der Waals surface area contributed by atoms with E-state index in [1.54, 1.807) is 18.0 Å². The molecule has 0 radical (unpaired) electrons. The van der Waals surface area contributed by atoms with Gasteiger partial charge in [-0.15, -0.1) is 0 Å². The molecule has 5 nitrogen and oxygen atoms in total. The van der Waals surface area contributed by atoms with Crippen LogP contribution in [0, 0.1) is 0 Å². The highest BCUT2D eigenvalue weighted by Crippen LogP contribution is 2.19. The number of halogens is 1. The Morgan fingerprint density at radius 2 is 2.21 bits per heavy atom. The van der Waals surface area contributed by atoms with E-state index in [-0.39, 0.29) is 23.1 Å². The molecule has 0 bridgehead atoms. The van der Waals surface area contributed by atoms with Gasteiger partial charge in [0.1, 0.15) is 5.56 Å². The highest BCUT2D eigenvalue weighted by atomic mass is 79.9. The smallest absolute Gasteiger partial charge is 0.261 e. The summed E-state index contributed by atoms with van der Waals surface area (Å²) in [4.78, 5) is 29.2. The number of H-pyrrole nitrogens is 1. The summed E-state index contributed by atoms with van der Waals surface area (Å²) >= 11 is 3.41. The topological polar surface area (TPSA) is 62.4 Å². The average Bonchev–Trinajstić information content (AvgIpc) is 2.59. The Bertz CT molecular complexity index is 796. The number of aromatic amines is 1. The maximum atomic E-state index is 12.6. The van der Waals surface area contributed by atoms with E-state index in [1.807, 2.05) is 18.2 Å². The quantitative estimate of drug-likeness (QED) is 0.867. The molecular formula is C18H21BrN2O3. The first-order chi connectivity index (χ1) is 11.5. The Morgan fingerprint density at radius 1 is 1.38 bits per heavy atom. The SMILES string of the molecule is CN(CCC1CCCCO1)C(=O)c1cc2cc(Br)ccc2[nH]c1=O. The van der Waals surface area contributed by atoms with Crippen molar-refractivity contribution in [3.8, 4) is 0 Å². The molecule has 1 aliphatic heterocycles. The Morgan fingerprint density at radius 3 is 2.96 bits per heavy atom. The van der Waals surface area contributed by atoms with Gasteiger partial charge >= 0.3 is 0 Å². The van der Waals surface area contributed by atoms with E-state index >= 15 is 0 Å². The number of nitrogens with zero attached hydrogens (tertiary/aromatic N) is 1. The molecule has 1 aromatic heterocycles. The molecule has 2 aromatic rings. The third-order valence-corrected chi connectivity index (χ3v) is 4.94. The Labute approximate surface area is 149 Å². The summed E-state index contributed by atoms with van der Waals surface area (Å²) in [6.07, 6.45) is 4.38. The zero-order valence-electron chi connectivity index (χ0n) is 13.7. The van der Waals surface area contributed by atoms with Crippen molar-refractivity contribution in [3.05, 3.63) is 44.7 Å². The molecule has 1 fully saturated rings. The van der Waals surface area contributed by atoms with Gasteiger partial charge in [0.05, 0.1) is 6.10 Å². The Kier molecular flexibility index (Phi) is 5.36. The van der Waals surface area contributed by atoms with Crippen molar-refractivity contribution in [1.82, 2.24) is 9.88 Å². The number of pyridine rings is 1. The molecule has 1 aromatic carbocycles. The van der Waals surface area contributed by atoms with Gasteiger partial charge in [0.15, 0.2) is 0 Å². The number of nitrogens with one attached hydrogen (secondary N) is 1. The highest BCUT2D eigenvalue weighted by molar-refractivity contribution is 9.10. The van der Waals surface area contributed by atoms with Crippen molar-refractivity contribution in [3.63, 3.8) is 0 Å². The van der Waals surface area contributed by atoms with Gasteiger partial charge in [0, 0.05) is 35.6 Å². The number of carbonyl (C=O) groups is 1. The summed E-state index contributed by atoms with van der Waals surface area (Å²) < 4.78 is 6.60. The van der Waals surface area contributed by atoms with Crippen molar-refractivity contribution in [2.75, 3.05) is 20.2 Å². The Balaban J connectivity index is 1.74. The van der Waals surface area contributed by atoms with Crippen LogP contribution in [0.4, 0.5) is 0 Å². The average molecular weight is 393 g/mol. The number of amides is 1. The first kappa shape index (κ1) is 17.2. The van der Waals surface area contributed by atoms with E-state index in [0.29, 0.717) is 6.54 Å². The van der Waals surface area contributed by atoms with Gasteiger partial charge < -0.3 is 14.6 Å². The van der Waals surface area contributed by atoms with Gasteiger partial charge in [-0.1, -0.05) is 15.9 Å². The summed E-state index contributed by atoms with van der Waals surface area (Å²) in [7, 11) is 1.73. The summed E-state index contributed by atoms with van der Waals surface area (Å²) in [5.41, 5.74) is 0.543. The van der Waals surface area contributed by atoms with E-state index < -0.39 is 0 Å². The van der Waals surface area contributed by atoms with Gasteiger partial charge in [-0.05, 0) is 49.9 Å². The van der Waals surface area contributed by atoms with Crippen molar-refractivity contribution in [1.29, 1.82) is 0 Å². The summed E-state index contributed by atoms with van der Waals surface area (Å²) in [5.74, 6) is -0.256. The number of aromatic nitrogens is 1. The molecule has 128 valence electrons. The molecule has 0 spiro atoms.